The Morgan fingerprint density at radius 2 is 1.72 bits per heavy atom. The van der Waals surface area contributed by atoms with E-state index < -0.39 is 11.8 Å². The summed E-state index contributed by atoms with van der Waals surface area (Å²) in [6, 6.07) is 17.0. The number of hydrogen-bond donors (Lipinski definition) is 1. The van der Waals surface area contributed by atoms with Crippen LogP contribution in [0, 0.1) is 18.8 Å². The number of benzene rings is 2. The Hall–Kier alpha value is -3.05. The van der Waals surface area contributed by atoms with Crippen molar-refractivity contribution in [3.8, 4) is 28.7 Å². The molecule has 0 saturated carbocycles. The number of alkyl halides is 3. The fourth-order valence-corrected chi connectivity index (χ4v) is 4.15. The molecule has 3 aromatic rings. The number of likely N-dealkylation sites (tertiary alicyclic amines) is 1. The molecule has 4 rings (SSSR count). The normalized spacial score (nSPS) is 15.7. The molecule has 0 bridgehead atoms. The SMILES string of the molecule is Cc1cc(C#Cc2ccc(-c3ccc(Cl)cc3)cn2)ccc1OCCN1CCC(O)(C(F)(F)F)CC1. The molecule has 1 saturated heterocycles. The van der Waals surface area contributed by atoms with Gasteiger partial charge in [-0.1, -0.05) is 35.7 Å². The van der Waals surface area contributed by atoms with E-state index in [1.54, 1.807) is 6.20 Å². The molecule has 0 unspecified atom stereocenters. The summed E-state index contributed by atoms with van der Waals surface area (Å²) in [7, 11) is 0. The first-order valence-corrected chi connectivity index (χ1v) is 12.0. The van der Waals surface area contributed by atoms with Gasteiger partial charge in [0.05, 0.1) is 0 Å². The maximum Gasteiger partial charge on any atom is 0.417 e. The summed E-state index contributed by atoms with van der Waals surface area (Å²) in [6.45, 7) is 3.13. The first-order valence-electron chi connectivity index (χ1n) is 11.6. The van der Waals surface area contributed by atoms with E-state index in [4.69, 9.17) is 16.3 Å². The maximum atomic E-state index is 12.9. The number of piperidine rings is 1. The van der Waals surface area contributed by atoms with Crippen molar-refractivity contribution in [1.82, 2.24) is 9.88 Å². The highest BCUT2D eigenvalue weighted by Gasteiger charge is 2.54. The van der Waals surface area contributed by atoms with Crippen LogP contribution in [-0.4, -0.2) is 53.0 Å². The summed E-state index contributed by atoms with van der Waals surface area (Å²) in [5, 5.41) is 10.5. The van der Waals surface area contributed by atoms with Gasteiger partial charge in [-0.25, -0.2) is 4.98 Å². The van der Waals surface area contributed by atoms with Gasteiger partial charge in [0.2, 0.25) is 0 Å². The average molecular weight is 515 g/mol. The van der Waals surface area contributed by atoms with Crippen LogP contribution in [-0.2, 0) is 0 Å². The minimum absolute atomic E-state index is 0.182. The van der Waals surface area contributed by atoms with Crippen molar-refractivity contribution in [3.05, 3.63) is 82.6 Å². The second-order valence-electron chi connectivity index (χ2n) is 8.89. The third kappa shape index (κ3) is 6.38. The van der Waals surface area contributed by atoms with Crippen LogP contribution in [0.4, 0.5) is 13.2 Å². The highest BCUT2D eigenvalue weighted by molar-refractivity contribution is 6.30. The molecule has 4 nitrogen and oxygen atoms in total. The number of halogens is 4. The fraction of sp³-hybridized carbons (Fsp3) is 0.321. The van der Waals surface area contributed by atoms with Crippen LogP contribution in [0.5, 0.6) is 5.75 Å². The molecule has 1 N–H and O–H groups in total. The number of rotatable bonds is 5. The highest BCUT2D eigenvalue weighted by atomic mass is 35.5. The van der Waals surface area contributed by atoms with Crippen molar-refractivity contribution in [2.24, 2.45) is 0 Å². The van der Waals surface area contributed by atoms with Gasteiger partial charge < -0.3 is 9.84 Å². The molecule has 0 amide bonds. The molecule has 36 heavy (non-hydrogen) atoms. The van der Waals surface area contributed by atoms with Gasteiger partial charge in [-0.05, 0) is 73.2 Å². The van der Waals surface area contributed by atoms with Crippen LogP contribution in [0.2, 0.25) is 5.02 Å². The third-order valence-electron chi connectivity index (χ3n) is 6.33. The van der Waals surface area contributed by atoms with Crippen LogP contribution in [0.15, 0.2) is 60.8 Å². The molecule has 1 aliphatic heterocycles. The van der Waals surface area contributed by atoms with E-state index in [2.05, 4.69) is 16.8 Å². The van der Waals surface area contributed by atoms with Gasteiger partial charge in [-0.15, -0.1) is 0 Å². The van der Waals surface area contributed by atoms with Gasteiger partial charge in [-0.3, -0.25) is 4.90 Å². The lowest BCUT2D eigenvalue weighted by molar-refractivity contribution is -0.272. The first kappa shape index (κ1) is 26.0. The molecule has 188 valence electrons. The smallest absolute Gasteiger partial charge is 0.417 e. The number of aryl methyl sites for hydroxylation is 1. The van der Waals surface area contributed by atoms with Crippen LogP contribution < -0.4 is 4.74 Å². The maximum absolute atomic E-state index is 12.9. The van der Waals surface area contributed by atoms with Gasteiger partial charge in [0, 0.05) is 42.0 Å². The molecule has 1 aliphatic rings. The van der Waals surface area contributed by atoms with E-state index >= 15 is 0 Å². The number of pyridine rings is 1. The first-order chi connectivity index (χ1) is 17.1. The Labute approximate surface area is 213 Å². The number of hydrogen-bond acceptors (Lipinski definition) is 4. The van der Waals surface area contributed by atoms with E-state index in [0.717, 1.165) is 22.3 Å². The number of nitrogens with zero attached hydrogens (tertiary/aromatic N) is 2. The standard InChI is InChI=1S/C28H26ClF3N2O2/c1-20-18-21(2-9-25-10-6-23(19-33-25)22-4-7-24(29)8-5-22)3-11-26(20)36-17-16-34-14-12-27(35,13-15-34)28(30,31)32/h3-8,10-11,18-19,35H,12-17H2,1H3. The highest BCUT2D eigenvalue weighted by Crippen LogP contribution is 2.38. The molecule has 2 aromatic carbocycles. The zero-order chi connectivity index (χ0) is 25.8. The Kier molecular flexibility index (Phi) is 7.89. The van der Waals surface area contributed by atoms with Crippen LogP contribution in [0.3, 0.4) is 0 Å². The van der Waals surface area contributed by atoms with Crippen molar-refractivity contribution in [1.29, 1.82) is 0 Å². The second kappa shape index (κ2) is 10.9. The molecule has 0 aliphatic carbocycles. The van der Waals surface area contributed by atoms with Gasteiger partial charge >= 0.3 is 6.18 Å². The number of aliphatic hydroxyl groups is 1. The topological polar surface area (TPSA) is 45.6 Å². The largest absolute Gasteiger partial charge is 0.492 e. The summed E-state index contributed by atoms with van der Waals surface area (Å²) < 4.78 is 44.7. The van der Waals surface area contributed by atoms with Crippen LogP contribution >= 0.6 is 11.6 Å². The molecular formula is C28H26ClF3N2O2. The van der Waals surface area contributed by atoms with E-state index in [0.29, 0.717) is 29.6 Å². The van der Waals surface area contributed by atoms with Gasteiger partial charge in [0.1, 0.15) is 18.1 Å². The molecule has 0 atom stereocenters. The van der Waals surface area contributed by atoms with E-state index in [-0.39, 0.29) is 25.9 Å². The second-order valence-corrected chi connectivity index (χ2v) is 9.33. The van der Waals surface area contributed by atoms with Crippen molar-refractivity contribution in [2.45, 2.75) is 31.5 Å². The van der Waals surface area contributed by atoms with E-state index in [1.165, 1.54) is 0 Å². The minimum atomic E-state index is -4.59. The minimum Gasteiger partial charge on any atom is -0.492 e. The Balaban J connectivity index is 1.29. The lowest BCUT2D eigenvalue weighted by Crippen LogP contribution is -2.53. The number of aromatic nitrogens is 1. The Morgan fingerprint density at radius 1 is 1.03 bits per heavy atom. The predicted molar refractivity (Wildman–Crippen MR) is 134 cm³/mol. The van der Waals surface area contributed by atoms with Crippen molar-refractivity contribution < 1.29 is 23.0 Å². The monoisotopic (exact) mass is 514 g/mol. The molecule has 1 fully saturated rings. The molecule has 2 heterocycles. The fourth-order valence-electron chi connectivity index (χ4n) is 4.02. The van der Waals surface area contributed by atoms with Crippen molar-refractivity contribution in [2.75, 3.05) is 26.2 Å². The van der Waals surface area contributed by atoms with E-state index in [9.17, 15) is 18.3 Å². The summed E-state index contributed by atoms with van der Waals surface area (Å²) in [5.41, 5.74) is 1.83. The summed E-state index contributed by atoms with van der Waals surface area (Å²) >= 11 is 5.94. The molecule has 1 aromatic heterocycles. The summed E-state index contributed by atoms with van der Waals surface area (Å²) in [4.78, 5) is 6.30. The van der Waals surface area contributed by atoms with E-state index in [1.807, 2.05) is 66.4 Å². The molecular weight excluding hydrogens is 489 g/mol. The van der Waals surface area contributed by atoms with Crippen molar-refractivity contribution in [3.63, 3.8) is 0 Å². The van der Waals surface area contributed by atoms with Crippen molar-refractivity contribution >= 4 is 11.6 Å². The molecule has 8 heteroatoms. The summed E-state index contributed by atoms with van der Waals surface area (Å²) in [5.74, 6) is 6.89. The number of ether oxygens (including phenoxy) is 1. The predicted octanol–water partition coefficient (Wildman–Crippen LogP) is 5.88. The third-order valence-corrected chi connectivity index (χ3v) is 6.58. The van der Waals surface area contributed by atoms with Gasteiger partial charge in [-0.2, -0.15) is 13.2 Å². The Bertz CT molecular complexity index is 1240. The molecule has 0 radical (unpaired) electrons. The molecule has 0 spiro atoms. The van der Waals surface area contributed by atoms with Gasteiger partial charge in [0.15, 0.2) is 5.60 Å². The van der Waals surface area contributed by atoms with Gasteiger partial charge in [0.25, 0.3) is 0 Å². The summed E-state index contributed by atoms with van der Waals surface area (Å²) in [6.07, 6.45) is -3.45. The lowest BCUT2D eigenvalue weighted by atomic mass is 9.91. The van der Waals surface area contributed by atoms with Crippen LogP contribution in [0.25, 0.3) is 11.1 Å². The average Bonchev–Trinajstić information content (AvgIpc) is 2.85. The zero-order valence-corrected chi connectivity index (χ0v) is 20.5. The zero-order valence-electron chi connectivity index (χ0n) is 19.8. The lowest BCUT2D eigenvalue weighted by Gasteiger charge is -2.39. The Morgan fingerprint density at radius 3 is 2.33 bits per heavy atom. The quantitative estimate of drug-likeness (QED) is 0.432. The van der Waals surface area contributed by atoms with Crippen LogP contribution in [0.1, 0.15) is 29.7 Å².